The van der Waals surface area contributed by atoms with E-state index in [0.717, 1.165) is 32.2 Å². The molecule has 1 saturated carbocycles. The maximum Gasteiger partial charge on any atom is 0.0615 e. The molecule has 20 heavy (non-hydrogen) atoms. The summed E-state index contributed by atoms with van der Waals surface area (Å²) in [5, 5.41) is 0. The van der Waals surface area contributed by atoms with Gasteiger partial charge in [0.1, 0.15) is 0 Å². The Kier molecular flexibility index (Phi) is 9.44. The van der Waals surface area contributed by atoms with Crippen LogP contribution in [-0.2, 0) is 9.47 Å². The first-order valence-corrected chi connectivity index (χ1v) is 8.18. The Morgan fingerprint density at radius 1 is 1.10 bits per heavy atom. The molecule has 0 saturated heterocycles. The predicted molar refractivity (Wildman–Crippen MR) is 84.0 cm³/mol. The number of ether oxygens (including phenoxy) is 2. The molecule has 0 aromatic rings. The molecule has 1 rings (SSSR count). The van der Waals surface area contributed by atoms with E-state index in [1.165, 1.54) is 38.5 Å². The van der Waals surface area contributed by atoms with Crippen LogP contribution in [0.1, 0.15) is 45.4 Å². The number of nitrogens with zero attached hydrogens (tertiary/aromatic N) is 1. The Bertz CT molecular complexity index is 231. The quantitative estimate of drug-likeness (QED) is 0.661. The highest BCUT2D eigenvalue weighted by molar-refractivity contribution is 4.85. The topological polar surface area (TPSA) is 47.7 Å². The van der Waals surface area contributed by atoms with Gasteiger partial charge in [-0.1, -0.05) is 25.7 Å². The fourth-order valence-electron chi connectivity index (χ4n) is 3.54. The SMILES string of the molecule is COCCN(C(C)COC)C(CN)C1CCCCCC1. The first-order valence-electron chi connectivity index (χ1n) is 8.18. The van der Waals surface area contributed by atoms with Crippen molar-refractivity contribution in [2.75, 3.05) is 40.5 Å². The van der Waals surface area contributed by atoms with Crippen LogP contribution < -0.4 is 5.73 Å². The van der Waals surface area contributed by atoms with E-state index in [1.54, 1.807) is 14.2 Å². The van der Waals surface area contributed by atoms with Crippen molar-refractivity contribution in [2.45, 2.75) is 57.5 Å². The second kappa shape index (κ2) is 10.6. The van der Waals surface area contributed by atoms with E-state index < -0.39 is 0 Å². The van der Waals surface area contributed by atoms with Gasteiger partial charge < -0.3 is 15.2 Å². The van der Waals surface area contributed by atoms with Gasteiger partial charge in [0.05, 0.1) is 13.2 Å². The van der Waals surface area contributed by atoms with Gasteiger partial charge in [-0.15, -0.1) is 0 Å². The molecule has 1 fully saturated rings. The van der Waals surface area contributed by atoms with Crippen LogP contribution in [-0.4, -0.2) is 57.5 Å². The molecule has 1 aliphatic rings. The van der Waals surface area contributed by atoms with Crippen molar-refractivity contribution in [3.05, 3.63) is 0 Å². The molecule has 0 aromatic heterocycles. The fourth-order valence-corrected chi connectivity index (χ4v) is 3.54. The lowest BCUT2D eigenvalue weighted by Crippen LogP contribution is -2.52. The van der Waals surface area contributed by atoms with Gasteiger partial charge in [0.2, 0.25) is 0 Å². The Balaban J connectivity index is 2.70. The zero-order chi connectivity index (χ0) is 14.8. The molecule has 2 N–H and O–H groups in total. The normalized spacial score (nSPS) is 20.9. The summed E-state index contributed by atoms with van der Waals surface area (Å²) in [6, 6.07) is 0.861. The molecule has 2 atom stereocenters. The largest absolute Gasteiger partial charge is 0.383 e. The minimum atomic E-state index is 0.395. The van der Waals surface area contributed by atoms with E-state index >= 15 is 0 Å². The van der Waals surface area contributed by atoms with Crippen LogP contribution in [0.15, 0.2) is 0 Å². The van der Waals surface area contributed by atoms with Crippen molar-refractivity contribution in [3.8, 4) is 0 Å². The second-order valence-corrected chi connectivity index (χ2v) is 6.09. The summed E-state index contributed by atoms with van der Waals surface area (Å²) in [5.41, 5.74) is 6.14. The summed E-state index contributed by atoms with van der Waals surface area (Å²) in [5.74, 6) is 0.735. The van der Waals surface area contributed by atoms with E-state index in [0.29, 0.717) is 12.1 Å². The van der Waals surface area contributed by atoms with Crippen molar-refractivity contribution in [1.29, 1.82) is 0 Å². The minimum Gasteiger partial charge on any atom is -0.383 e. The lowest BCUT2D eigenvalue weighted by molar-refractivity contribution is 0.0275. The molecule has 1 aliphatic carbocycles. The van der Waals surface area contributed by atoms with Crippen LogP contribution in [0, 0.1) is 5.92 Å². The number of hydrogen-bond acceptors (Lipinski definition) is 4. The Morgan fingerprint density at radius 3 is 2.25 bits per heavy atom. The number of hydrogen-bond donors (Lipinski definition) is 1. The molecule has 120 valence electrons. The van der Waals surface area contributed by atoms with Crippen LogP contribution in [0.2, 0.25) is 0 Å². The van der Waals surface area contributed by atoms with Crippen LogP contribution in [0.3, 0.4) is 0 Å². The first kappa shape index (κ1) is 17.9. The van der Waals surface area contributed by atoms with Gasteiger partial charge in [-0.05, 0) is 25.7 Å². The van der Waals surface area contributed by atoms with Crippen LogP contribution in [0.25, 0.3) is 0 Å². The molecule has 0 aliphatic heterocycles. The Hall–Kier alpha value is -0.160. The van der Waals surface area contributed by atoms with Gasteiger partial charge in [-0.2, -0.15) is 0 Å². The van der Waals surface area contributed by atoms with Gasteiger partial charge in [0.25, 0.3) is 0 Å². The lowest BCUT2D eigenvalue weighted by atomic mass is 9.90. The Morgan fingerprint density at radius 2 is 1.75 bits per heavy atom. The molecule has 0 bridgehead atoms. The van der Waals surface area contributed by atoms with Crippen molar-refractivity contribution < 1.29 is 9.47 Å². The predicted octanol–water partition coefficient (Wildman–Crippen LogP) is 2.27. The summed E-state index contributed by atoms with van der Waals surface area (Å²) >= 11 is 0. The number of methoxy groups -OCH3 is 2. The molecule has 0 radical (unpaired) electrons. The highest BCUT2D eigenvalue weighted by Gasteiger charge is 2.29. The smallest absolute Gasteiger partial charge is 0.0615 e. The van der Waals surface area contributed by atoms with Gasteiger partial charge in [0.15, 0.2) is 0 Å². The van der Waals surface area contributed by atoms with Gasteiger partial charge in [-0.25, -0.2) is 0 Å². The molecule has 4 nitrogen and oxygen atoms in total. The molecular formula is C16H34N2O2. The molecular weight excluding hydrogens is 252 g/mol. The molecule has 0 heterocycles. The molecule has 2 unspecified atom stereocenters. The average molecular weight is 286 g/mol. The molecule has 0 aromatic carbocycles. The van der Waals surface area contributed by atoms with Crippen LogP contribution in [0.4, 0.5) is 0 Å². The summed E-state index contributed by atoms with van der Waals surface area (Å²) in [6.07, 6.45) is 8.14. The number of nitrogens with two attached hydrogens (primary N) is 1. The summed E-state index contributed by atoms with van der Waals surface area (Å²) < 4.78 is 10.6. The Labute approximate surface area is 125 Å². The van der Waals surface area contributed by atoms with Crippen molar-refractivity contribution in [3.63, 3.8) is 0 Å². The van der Waals surface area contributed by atoms with Crippen LogP contribution >= 0.6 is 0 Å². The maximum atomic E-state index is 6.14. The van der Waals surface area contributed by atoms with E-state index in [2.05, 4.69) is 11.8 Å². The number of rotatable bonds is 9. The average Bonchev–Trinajstić information content (AvgIpc) is 2.72. The zero-order valence-corrected chi connectivity index (χ0v) is 13.6. The molecule has 4 heteroatoms. The summed E-state index contributed by atoms with van der Waals surface area (Å²) in [6.45, 7) is 5.44. The standard InChI is InChI=1S/C16H34N2O2/c1-14(13-20-3)18(10-11-19-2)16(12-17)15-8-6-4-5-7-9-15/h14-16H,4-13,17H2,1-3H3. The third kappa shape index (κ3) is 5.68. The van der Waals surface area contributed by atoms with Gasteiger partial charge in [0, 0.05) is 39.4 Å². The van der Waals surface area contributed by atoms with E-state index in [9.17, 15) is 0 Å². The van der Waals surface area contributed by atoms with E-state index in [-0.39, 0.29) is 0 Å². The third-order valence-electron chi connectivity index (χ3n) is 4.64. The third-order valence-corrected chi connectivity index (χ3v) is 4.64. The van der Waals surface area contributed by atoms with E-state index in [4.69, 9.17) is 15.2 Å². The second-order valence-electron chi connectivity index (χ2n) is 6.09. The maximum absolute atomic E-state index is 6.14. The molecule has 0 amide bonds. The fraction of sp³-hybridized carbons (Fsp3) is 1.00. The molecule has 0 spiro atoms. The minimum absolute atomic E-state index is 0.395. The highest BCUT2D eigenvalue weighted by Crippen LogP contribution is 2.28. The highest BCUT2D eigenvalue weighted by atomic mass is 16.5. The van der Waals surface area contributed by atoms with Crippen molar-refractivity contribution in [2.24, 2.45) is 11.7 Å². The van der Waals surface area contributed by atoms with Crippen molar-refractivity contribution in [1.82, 2.24) is 4.90 Å². The van der Waals surface area contributed by atoms with Gasteiger partial charge >= 0.3 is 0 Å². The van der Waals surface area contributed by atoms with E-state index in [1.807, 2.05) is 0 Å². The van der Waals surface area contributed by atoms with Gasteiger partial charge in [-0.3, -0.25) is 4.90 Å². The first-order chi connectivity index (χ1) is 9.74. The monoisotopic (exact) mass is 286 g/mol. The summed E-state index contributed by atoms with van der Waals surface area (Å²) in [4.78, 5) is 2.52. The van der Waals surface area contributed by atoms with Crippen LogP contribution in [0.5, 0.6) is 0 Å². The summed E-state index contributed by atoms with van der Waals surface area (Å²) in [7, 11) is 3.54. The lowest BCUT2D eigenvalue weighted by Gasteiger charge is -2.40. The van der Waals surface area contributed by atoms with Crippen molar-refractivity contribution >= 4 is 0 Å². The zero-order valence-electron chi connectivity index (χ0n) is 13.6.